The molecule has 0 saturated carbocycles. The Morgan fingerprint density at radius 1 is 1.33 bits per heavy atom. The highest BCUT2D eigenvalue weighted by Gasteiger charge is 2.21. The molecular weight excluding hydrogens is 248 g/mol. The van der Waals surface area contributed by atoms with Crippen molar-refractivity contribution in [3.05, 3.63) is 34.9 Å². The van der Waals surface area contributed by atoms with Crippen molar-refractivity contribution >= 4 is 17.5 Å². The molecule has 3 N–H and O–H groups in total. The minimum absolute atomic E-state index is 0.0649. The summed E-state index contributed by atoms with van der Waals surface area (Å²) in [6.07, 6.45) is 0.893. The van der Waals surface area contributed by atoms with Crippen LogP contribution in [0, 0.1) is 5.92 Å². The second-order valence-corrected chi connectivity index (χ2v) is 5.13. The molecule has 1 amide bonds. The van der Waals surface area contributed by atoms with Crippen LogP contribution in [0.1, 0.15) is 38.8 Å². The SMILES string of the molecule is CCC(C)C(N)C(=O)N[C@@H](C)c1ccc(Cl)cc1. The summed E-state index contributed by atoms with van der Waals surface area (Å²) in [7, 11) is 0. The normalized spacial score (nSPS) is 15.8. The number of rotatable bonds is 5. The number of hydrogen-bond acceptors (Lipinski definition) is 2. The number of amides is 1. The van der Waals surface area contributed by atoms with E-state index in [1.54, 1.807) is 0 Å². The number of carbonyl (C=O) groups excluding carboxylic acids is 1. The van der Waals surface area contributed by atoms with Crippen molar-refractivity contribution in [2.75, 3.05) is 0 Å². The molecule has 1 aromatic rings. The van der Waals surface area contributed by atoms with Crippen molar-refractivity contribution in [2.24, 2.45) is 11.7 Å². The van der Waals surface area contributed by atoms with Crippen LogP contribution in [0.3, 0.4) is 0 Å². The third-order valence-corrected chi connectivity index (χ3v) is 3.54. The first-order chi connectivity index (χ1) is 8.45. The van der Waals surface area contributed by atoms with E-state index in [-0.39, 0.29) is 17.9 Å². The average molecular weight is 269 g/mol. The van der Waals surface area contributed by atoms with E-state index in [1.165, 1.54) is 0 Å². The minimum atomic E-state index is -0.454. The Kier molecular flexibility index (Phi) is 5.63. The first-order valence-electron chi connectivity index (χ1n) is 6.27. The van der Waals surface area contributed by atoms with Gasteiger partial charge in [0.1, 0.15) is 0 Å². The van der Waals surface area contributed by atoms with E-state index < -0.39 is 6.04 Å². The lowest BCUT2D eigenvalue weighted by Crippen LogP contribution is -2.45. The maximum Gasteiger partial charge on any atom is 0.237 e. The minimum Gasteiger partial charge on any atom is -0.348 e. The molecule has 100 valence electrons. The molecule has 3 nitrogen and oxygen atoms in total. The molecule has 4 heteroatoms. The predicted molar refractivity (Wildman–Crippen MR) is 75.4 cm³/mol. The first-order valence-corrected chi connectivity index (χ1v) is 6.65. The summed E-state index contributed by atoms with van der Waals surface area (Å²) >= 11 is 5.83. The average Bonchev–Trinajstić information content (AvgIpc) is 2.37. The molecule has 0 fully saturated rings. The summed E-state index contributed by atoms with van der Waals surface area (Å²) < 4.78 is 0. The van der Waals surface area contributed by atoms with E-state index >= 15 is 0 Å². The molecule has 18 heavy (non-hydrogen) atoms. The van der Waals surface area contributed by atoms with Gasteiger partial charge in [-0.2, -0.15) is 0 Å². The van der Waals surface area contributed by atoms with Gasteiger partial charge in [-0.05, 0) is 30.5 Å². The smallest absolute Gasteiger partial charge is 0.237 e. The van der Waals surface area contributed by atoms with Crippen LogP contribution in [0.15, 0.2) is 24.3 Å². The Labute approximate surface area is 114 Å². The Balaban J connectivity index is 2.61. The Morgan fingerprint density at radius 2 is 1.89 bits per heavy atom. The van der Waals surface area contributed by atoms with Gasteiger partial charge in [-0.3, -0.25) is 4.79 Å². The van der Waals surface area contributed by atoms with Gasteiger partial charge >= 0.3 is 0 Å². The van der Waals surface area contributed by atoms with Crippen LogP contribution in [0.4, 0.5) is 0 Å². The van der Waals surface area contributed by atoms with E-state index in [9.17, 15) is 4.79 Å². The quantitative estimate of drug-likeness (QED) is 0.863. The second-order valence-electron chi connectivity index (χ2n) is 4.69. The highest BCUT2D eigenvalue weighted by Crippen LogP contribution is 2.16. The van der Waals surface area contributed by atoms with Crippen molar-refractivity contribution in [2.45, 2.75) is 39.3 Å². The van der Waals surface area contributed by atoms with Gasteiger partial charge in [0.05, 0.1) is 12.1 Å². The number of nitrogens with one attached hydrogen (secondary N) is 1. The summed E-state index contributed by atoms with van der Waals surface area (Å²) in [4.78, 5) is 11.9. The molecule has 0 aliphatic heterocycles. The molecule has 0 radical (unpaired) electrons. The van der Waals surface area contributed by atoms with Gasteiger partial charge in [0, 0.05) is 5.02 Å². The van der Waals surface area contributed by atoms with E-state index in [2.05, 4.69) is 5.32 Å². The third kappa shape index (κ3) is 4.00. The number of carbonyl (C=O) groups is 1. The molecule has 1 aromatic carbocycles. The summed E-state index contributed by atoms with van der Waals surface area (Å²) in [6, 6.07) is 6.92. The molecule has 0 aliphatic rings. The zero-order chi connectivity index (χ0) is 13.7. The van der Waals surface area contributed by atoms with Crippen molar-refractivity contribution < 1.29 is 4.79 Å². The Bertz CT molecular complexity index is 391. The number of halogens is 1. The maximum atomic E-state index is 11.9. The van der Waals surface area contributed by atoms with Crippen LogP contribution in [-0.2, 0) is 4.79 Å². The molecule has 2 unspecified atom stereocenters. The van der Waals surface area contributed by atoms with E-state index in [4.69, 9.17) is 17.3 Å². The van der Waals surface area contributed by atoms with Gasteiger partial charge in [-0.15, -0.1) is 0 Å². The third-order valence-electron chi connectivity index (χ3n) is 3.29. The molecule has 3 atom stereocenters. The maximum absolute atomic E-state index is 11.9. The summed E-state index contributed by atoms with van der Waals surface area (Å²) in [5.41, 5.74) is 6.91. The van der Waals surface area contributed by atoms with E-state index in [0.717, 1.165) is 12.0 Å². The van der Waals surface area contributed by atoms with E-state index in [1.807, 2.05) is 45.0 Å². The lowest BCUT2D eigenvalue weighted by Gasteiger charge is -2.21. The van der Waals surface area contributed by atoms with Crippen LogP contribution in [0.25, 0.3) is 0 Å². The highest BCUT2D eigenvalue weighted by molar-refractivity contribution is 6.30. The topological polar surface area (TPSA) is 55.1 Å². The van der Waals surface area contributed by atoms with Gasteiger partial charge in [0.2, 0.25) is 5.91 Å². The molecule has 0 bridgehead atoms. The molecule has 0 heterocycles. The molecule has 0 aliphatic carbocycles. The zero-order valence-corrected chi connectivity index (χ0v) is 11.9. The van der Waals surface area contributed by atoms with Gasteiger partial charge in [0.15, 0.2) is 0 Å². The highest BCUT2D eigenvalue weighted by atomic mass is 35.5. The number of hydrogen-bond donors (Lipinski definition) is 2. The van der Waals surface area contributed by atoms with Crippen LogP contribution < -0.4 is 11.1 Å². The van der Waals surface area contributed by atoms with E-state index in [0.29, 0.717) is 5.02 Å². The van der Waals surface area contributed by atoms with Crippen molar-refractivity contribution in [3.8, 4) is 0 Å². The van der Waals surface area contributed by atoms with Crippen molar-refractivity contribution in [1.29, 1.82) is 0 Å². The van der Waals surface area contributed by atoms with Crippen LogP contribution in [0.2, 0.25) is 5.02 Å². The fraction of sp³-hybridized carbons (Fsp3) is 0.500. The van der Waals surface area contributed by atoms with Crippen LogP contribution >= 0.6 is 11.6 Å². The van der Waals surface area contributed by atoms with Crippen molar-refractivity contribution in [3.63, 3.8) is 0 Å². The fourth-order valence-corrected chi connectivity index (χ4v) is 1.78. The molecule has 0 aromatic heterocycles. The molecular formula is C14H21ClN2O. The number of benzene rings is 1. The second kappa shape index (κ2) is 6.76. The van der Waals surface area contributed by atoms with Crippen molar-refractivity contribution in [1.82, 2.24) is 5.32 Å². The summed E-state index contributed by atoms with van der Waals surface area (Å²) in [6.45, 7) is 5.95. The predicted octanol–water partition coefficient (Wildman–Crippen LogP) is 2.89. The monoisotopic (exact) mass is 268 g/mol. The molecule has 0 spiro atoms. The first kappa shape index (κ1) is 15.0. The van der Waals surface area contributed by atoms with Crippen LogP contribution in [-0.4, -0.2) is 11.9 Å². The van der Waals surface area contributed by atoms with Gasteiger partial charge < -0.3 is 11.1 Å². The Hall–Kier alpha value is -1.06. The van der Waals surface area contributed by atoms with Gasteiger partial charge in [-0.25, -0.2) is 0 Å². The Morgan fingerprint density at radius 3 is 2.39 bits per heavy atom. The van der Waals surface area contributed by atoms with Gasteiger partial charge in [0.25, 0.3) is 0 Å². The standard InChI is InChI=1S/C14H21ClN2O/c1-4-9(2)13(16)14(18)17-10(3)11-5-7-12(15)8-6-11/h5-10,13H,4,16H2,1-3H3,(H,17,18)/t9?,10-,13?/m0/s1. The largest absolute Gasteiger partial charge is 0.348 e. The lowest BCUT2D eigenvalue weighted by molar-refractivity contribution is -0.124. The molecule has 1 rings (SSSR count). The summed E-state index contributed by atoms with van der Waals surface area (Å²) in [5.74, 6) is 0.0780. The van der Waals surface area contributed by atoms with Crippen LogP contribution in [0.5, 0.6) is 0 Å². The summed E-state index contributed by atoms with van der Waals surface area (Å²) in [5, 5.41) is 3.61. The number of nitrogens with two attached hydrogens (primary N) is 1. The zero-order valence-electron chi connectivity index (χ0n) is 11.1. The fourth-order valence-electron chi connectivity index (χ4n) is 1.66. The molecule has 0 saturated heterocycles. The lowest BCUT2D eigenvalue weighted by atomic mass is 9.98. The van der Waals surface area contributed by atoms with Gasteiger partial charge in [-0.1, -0.05) is 44.0 Å².